The van der Waals surface area contributed by atoms with Crippen LogP contribution in [-0.4, -0.2) is 35.0 Å². The van der Waals surface area contributed by atoms with Gasteiger partial charge >= 0.3 is 6.01 Å². The Bertz CT molecular complexity index is 408. The van der Waals surface area contributed by atoms with Gasteiger partial charge in [-0.2, -0.15) is 0 Å². The topological polar surface area (TPSA) is 72.2 Å². The van der Waals surface area contributed by atoms with Crippen LogP contribution in [0.4, 0.5) is 6.01 Å². The normalized spacial score (nSPS) is 17.1. The third-order valence-electron chi connectivity index (χ3n) is 3.52. The zero-order valence-electron chi connectivity index (χ0n) is 13.4. The van der Waals surface area contributed by atoms with E-state index >= 15 is 0 Å². The molecule has 6 nitrogen and oxygen atoms in total. The molecule has 1 aliphatic rings. The first kappa shape index (κ1) is 16.2. The molecule has 0 atom stereocenters. The zero-order chi connectivity index (χ0) is 15.1. The van der Waals surface area contributed by atoms with Crippen molar-refractivity contribution in [2.75, 3.05) is 18.5 Å². The summed E-state index contributed by atoms with van der Waals surface area (Å²) in [6, 6.07) is 0.466. The molecule has 6 heteroatoms. The van der Waals surface area contributed by atoms with E-state index in [1.54, 1.807) is 0 Å². The van der Waals surface area contributed by atoms with Gasteiger partial charge in [-0.3, -0.25) is 0 Å². The number of hydrogen-bond acceptors (Lipinski definition) is 6. The summed E-state index contributed by atoms with van der Waals surface area (Å²) in [5.41, 5.74) is 0.0376. The Morgan fingerprint density at radius 1 is 1.19 bits per heavy atom. The molecule has 0 amide bonds. The van der Waals surface area contributed by atoms with Gasteiger partial charge in [-0.1, -0.05) is 24.4 Å². The Labute approximate surface area is 127 Å². The smallest absolute Gasteiger partial charge is 0.315 e. The summed E-state index contributed by atoms with van der Waals surface area (Å²) < 4.78 is 11.4. The van der Waals surface area contributed by atoms with Crippen molar-refractivity contribution in [3.63, 3.8) is 0 Å². The molecule has 0 bridgehead atoms. The Hall–Kier alpha value is -1.14. The van der Waals surface area contributed by atoms with Crippen LogP contribution < -0.4 is 10.6 Å². The summed E-state index contributed by atoms with van der Waals surface area (Å²) >= 11 is 0. The SMILES string of the molecule is CC(C)(C)NCc1nnc(NCCOC2CCCCC2)o1. The van der Waals surface area contributed by atoms with Crippen molar-refractivity contribution in [3.8, 4) is 0 Å². The van der Waals surface area contributed by atoms with Crippen LogP contribution >= 0.6 is 0 Å². The minimum absolute atomic E-state index is 0.0376. The Balaban J connectivity index is 1.61. The lowest BCUT2D eigenvalue weighted by Gasteiger charge is -2.21. The van der Waals surface area contributed by atoms with Gasteiger partial charge in [0.1, 0.15) is 0 Å². The quantitative estimate of drug-likeness (QED) is 0.754. The number of rotatable bonds is 7. The molecule has 1 aromatic heterocycles. The summed E-state index contributed by atoms with van der Waals surface area (Å²) in [7, 11) is 0. The maximum Gasteiger partial charge on any atom is 0.315 e. The second kappa shape index (κ2) is 7.75. The van der Waals surface area contributed by atoms with E-state index in [4.69, 9.17) is 9.15 Å². The summed E-state index contributed by atoms with van der Waals surface area (Å²) in [4.78, 5) is 0. The number of aromatic nitrogens is 2. The van der Waals surface area contributed by atoms with E-state index < -0.39 is 0 Å². The molecule has 0 unspecified atom stereocenters. The fourth-order valence-corrected chi connectivity index (χ4v) is 2.35. The highest BCUT2D eigenvalue weighted by atomic mass is 16.5. The Morgan fingerprint density at radius 2 is 1.95 bits per heavy atom. The summed E-state index contributed by atoms with van der Waals surface area (Å²) in [5.74, 6) is 0.598. The lowest BCUT2D eigenvalue weighted by molar-refractivity contribution is 0.0346. The van der Waals surface area contributed by atoms with Gasteiger partial charge in [0.2, 0.25) is 5.89 Å². The van der Waals surface area contributed by atoms with Crippen LogP contribution in [0, 0.1) is 0 Å². The van der Waals surface area contributed by atoms with Crippen molar-refractivity contribution in [1.29, 1.82) is 0 Å². The average molecular weight is 296 g/mol. The molecule has 0 spiro atoms. The second-order valence-electron chi connectivity index (χ2n) is 6.66. The fraction of sp³-hybridized carbons (Fsp3) is 0.867. The van der Waals surface area contributed by atoms with Crippen molar-refractivity contribution < 1.29 is 9.15 Å². The first-order valence-corrected chi connectivity index (χ1v) is 7.96. The van der Waals surface area contributed by atoms with E-state index in [0.717, 1.165) is 0 Å². The van der Waals surface area contributed by atoms with Gasteiger partial charge in [0.25, 0.3) is 0 Å². The molecular formula is C15H28N4O2. The van der Waals surface area contributed by atoms with Gasteiger partial charge in [-0.15, -0.1) is 5.10 Å². The maximum absolute atomic E-state index is 5.84. The molecule has 1 aromatic rings. The van der Waals surface area contributed by atoms with E-state index in [2.05, 4.69) is 41.6 Å². The van der Waals surface area contributed by atoms with E-state index in [9.17, 15) is 0 Å². The third kappa shape index (κ3) is 6.44. The van der Waals surface area contributed by atoms with Gasteiger partial charge in [0.05, 0.1) is 19.3 Å². The third-order valence-corrected chi connectivity index (χ3v) is 3.52. The molecule has 21 heavy (non-hydrogen) atoms. The molecule has 0 aromatic carbocycles. The predicted molar refractivity (Wildman–Crippen MR) is 82.2 cm³/mol. The number of nitrogens with one attached hydrogen (secondary N) is 2. The van der Waals surface area contributed by atoms with Crippen molar-refractivity contribution in [2.45, 2.75) is 71.1 Å². The second-order valence-corrected chi connectivity index (χ2v) is 6.66. The summed E-state index contributed by atoms with van der Waals surface area (Å²) in [5, 5.41) is 14.4. The van der Waals surface area contributed by atoms with Crippen LogP contribution in [0.15, 0.2) is 4.42 Å². The molecule has 2 rings (SSSR count). The molecule has 1 aliphatic carbocycles. The first-order chi connectivity index (χ1) is 10.0. The Kier molecular flexibility index (Phi) is 5.99. The number of hydrogen-bond donors (Lipinski definition) is 2. The highest BCUT2D eigenvalue weighted by Gasteiger charge is 2.14. The van der Waals surface area contributed by atoms with Gasteiger partial charge in [0.15, 0.2) is 0 Å². The minimum atomic E-state index is 0.0376. The molecule has 1 saturated carbocycles. The van der Waals surface area contributed by atoms with E-state index in [1.165, 1.54) is 32.1 Å². The van der Waals surface area contributed by atoms with Crippen LogP contribution in [0.25, 0.3) is 0 Å². The Morgan fingerprint density at radius 3 is 2.67 bits per heavy atom. The van der Waals surface area contributed by atoms with Crippen molar-refractivity contribution in [3.05, 3.63) is 5.89 Å². The van der Waals surface area contributed by atoms with E-state index in [0.29, 0.717) is 37.7 Å². The standard InChI is InChI=1S/C15H28N4O2/c1-15(2,3)17-11-13-18-19-14(21-13)16-9-10-20-12-7-5-4-6-8-12/h12,17H,4-11H2,1-3H3,(H,16,19). The zero-order valence-corrected chi connectivity index (χ0v) is 13.4. The lowest BCUT2D eigenvalue weighted by Crippen LogP contribution is -2.35. The molecule has 1 fully saturated rings. The molecular weight excluding hydrogens is 268 g/mol. The van der Waals surface area contributed by atoms with Crippen LogP contribution in [-0.2, 0) is 11.3 Å². The first-order valence-electron chi connectivity index (χ1n) is 7.96. The van der Waals surface area contributed by atoms with Crippen LogP contribution in [0.2, 0.25) is 0 Å². The number of nitrogens with zero attached hydrogens (tertiary/aromatic N) is 2. The minimum Gasteiger partial charge on any atom is -0.407 e. The van der Waals surface area contributed by atoms with Gasteiger partial charge in [0, 0.05) is 12.1 Å². The lowest BCUT2D eigenvalue weighted by atomic mass is 9.98. The maximum atomic E-state index is 5.84. The molecule has 0 radical (unpaired) electrons. The van der Waals surface area contributed by atoms with Gasteiger partial charge in [-0.05, 0) is 33.6 Å². The summed E-state index contributed by atoms with van der Waals surface area (Å²) in [6.45, 7) is 8.27. The molecule has 0 aliphatic heterocycles. The largest absolute Gasteiger partial charge is 0.407 e. The van der Waals surface area contributed by atoms with Crippen LogP contribution in [0.5, 0.6) is 0 Å². The van der Waals surface area contributed by atoms with Crippen molar-refractivity contribution in [2.24, 2.45) is 0 Å². The van der Waals surface area contributed by atoms with E-state index in [1.807, 2.05) is 0 Å². The molecule has 120 valence electrons. The van der Waals surface area contributed by atoms with Gasteiger partial charge in [-0.25, -0.2) is 0 Å². The molecule has 0 saturated heterocycles. The number of ether oxygens (including phenoxy) is 1. The van der Waals surface area contributed by atoms with Gasteiger partial charge < -0.3 is 19.8 Å². The molecule has 2 N–H and O–H groups in total. The highest BCUT2D eigenvalue weighted by Crippen LogP contribution is 2.20. The van der Waals surface area contributed by atoms with Crippen molar-refractivity contribution >= 4 is 6.01 Å². The van der Waals surface area contributed by atoms with E-state index in [-0.39, 0.29) is 5.54 Å². The fourth-order valence-electron chi connectivity index (χ4n) is 2.35. The number of anilines is 1. The molecule has 1 heterocycles. The summed E-state index contributed by atoms with van der Waals surface area (Å²) in [6.07, 6.45) is 6.78. The van der Waals surface area contributed by atoms with Crippen LogP contribution in [0.3, 0.4) is 0 Å². The average Bonchev–Trinajstić information content (AvgIpc) is 2.90. The monoisotopic (exact) mass is 296 g/mol. The predicted octanol–water partition coefficient (Wildman–Crippen LogP) is 2.72. The highest BCUT2D eigenvalue weighted by molar-refractivity contribution is 5.16. The van der Waals surface area contributed by atoms with Crippen LogP contribution in [0.1, 0.15) is 58.8 Å². The van der Waals surface area contributed by atoms with Crippen molar-refractivity contribution in [1.82, 2.24) is 15.5 Å².